The number of quaternary nitrogens is 1. The number of carbonyl (C=O) groups excluding carboxylic acids is 2. The second-order valence-electron chi connectivity index (χ2n) is 20.5. The topological polar surface area (TPSA) is 108 Å². The van der Waals surface area contributed by atoms with E-state index in [0.29, 0.717) is 17.4 Å². The molecule has 0 amide bonds. The van der Waals surface area contributed by atoms with Crippen molar-refractivity contribution in [2.75, 3.05) is 47.5 Å². The Hall–Kier alpha value is -4.31. The first-order chi connectivity index (χ1) is 36.6. The van der Waals surface area contributed by atoms with E-state index in [4.69, 9.17) is 18.9 Å². The van der Waals surface area contributed by atoms with Crippen LogP contribution in [0.5, 0.6) is 0 Å². The largest absolute Gasteiger partial charge is 0.477 e. The number of carboxylic acid groups (broad SMARTS) is 1. The fourth-order valence-corrected chi connectivity index (χ4v) is 7.71. The van der Waals surface area contributed by atoms with E-state index in [0.717, 1.165) is 96.3 Å². The van der Waals surface area contributed by atoms with Gasteiger partial charge in [0.2, 0.25) is 0 Å². The van der Waals surface area contributed by atoms with E-state index in [9.17, 15) is 19.5 Å². The standard InChI is InChI=1S/C66H109NO8/c1-6-8-10-12-14-16-18-20-22-24-26-28-29-30-31-32-33-34-35-37-38-40-42-44-46-48-50-52-54-56-63(68)73-60-62(61-74-66(65(70)71)72-59-58-67(3,4)5)75-64(69)57-55-53-51-49-47-45-43-41-39-36-27-25-23-21-19-17-15-13-11-9-7-2/h8-11,14-17,20-23,26-28,36,41,43,47,49,62,66H,6-7,12-13,18-19,24-25,29-35,37-40,42,44-46,48,50-61H2,1-5H3/p+1/b10-8-,11-9-,16-14-,17-15-,22-20-,23-21-,28-26-,36-27-,43-41-,49-47-. The Morgan fingerprint density at radius 2 is 0.720 bits per heavy atom. The van der Waals surface area contributed by atoms with Crippen LogP contribution in [0, 0.1) is 0 Å². The number of hydrogen-bond acceptors (Lipinski definition) is 7. The molecule has 0 fully saturated rings. The molecule has 2 atom stereocenters. The van der Waals surface area contributed by atoms with Crippen LogP contribution in [-0.2, 0) is 33.3 Å². The van der Waals surface area contributed by atoms with Crippen molar-refractivity contribution >= 4 is 17.9 Å². The highest BCUT2D eigenvalue weighted by atomic mass is 16.7. The summed E-state index contributed by atoms with van der Waals surface area (Å²) in [4.78, 5) is 37.4. The quantitative estimate of drug-likeness (QED) is 0.0211. The number of likely N-dealkylation sites (N-methyl/N-ethyl adjacent to an activating group) is 1. The highest BCUT2D eigenvalue weighted by Gasteiger charge is 2.25. The zero-order valence-corrected chi connectivity index (χ0v) is 48.4. The van der Waals surface area contributed by atoms with Gasteiger partial charge in [0, 0.05) is 12.8 Å². The lowest BCUT2D eigenvalue weighted by molar-refractivity contribution is -0.870. The van der Waals surface area contributed by atoms with Crippen LogP contribution in [0.2, 0.25) is 0 Å². The Labute approximate surface area is 459 Å². The van der Waals surface area contributed by atoms with Crippen molar-refractivity contribution in [1.29, 1.82) is 0 Å². The van der Waals surface area contributed by atoms with Crippen LogP contribution in [0.25, 0.3) is 0 Å². The Bertz CT molecular complexity index is 1640. The van der Waals surface area contributed by atoms with Gasteiger partial charge in [-0.3, -0.25) is 9.59 Å². The molecule has 0 aromatic heterocycles. The monoisotopic (exact) mass is 1040 g/mol. The normalized spacial score (nSPS) is 13.7. The van der Waals surface area contributed by atoms with Gasteiger partial charge in [-0.1, -0.05) is 225 Å². The molecule has 1 N–H and O–H groups in total. The summed E-state index contributed by atoms with van der Waals surface area (Å²) in [5.41, 5.74) is 0. The summed E-state index contributed by atoms with van der Waals surface area (Å²) in [6, 6.07) is 0. The lowest BCUT2D eigenvalue weighted by atomic mass is 10.0. The van der Waals surface area contributed by atoms with Crippen LogP contribution < -0.4 is 0 Å². The van der Waals surface area contributed by atoms with E-state index in [2.05, 4.69) is 135 Å². The van der Waals surface area contributed by atoms with Crippen molar-refractivity contribution < 1.29 is 42.9 Å². The molecule has 0 spiro atoms. The van der Waals surface area contributed by atoms with Crippen molar-refractivity contribution in [3.8, 4) is 0 Å². The van der Waals surface area contributed by atoms with Crippen LogP contribution in [0.4, 0.5) is 0 Å². The number of carbonyl (C=O) groups is 3. The Kier molecular flexibility index (Phi) is 52.7. The van der Waals surface area contributed by atoms with E-state index in [-0.39, 0.29) is 38.6 Å². The third kappa shape index (κ3) is 57.2. The number of nitrogens with zero attached hydrogens (tertiary/aromatic N) is 1. The van der Waals surface area contributed by atoms with Crippen molar-refractivity contribution in [3.05, 3.63) is 122 Å². The SMILES string of the molecule is CC/C=C\C/C=C\C/C=C\C/C=C\C/C=C\C/C=C\CCCCC(=O)OC(COC(=O)CCCCCCCCCCCCCCCCCC/C=C\C/C=C\C/C=C\C/C=C\CC)COC(OCC[N+](C)(C)C)C(=O)O. The van der Waals surface area contributed by atoms with Crippen molar-refractivity contribution in [2.45, 2.75) is 232 Å². The zero-order valence-electron chi connectivity index (χ0n) is 48.4. The first-order valence-electron chi connectivity index (χ1n) is 29.7. The summed E-state index contributed by atoms with van der Waals surface area (Å²) in [5.74, 6) is -2.07. The summed E-state index contributed by atoms with van der Waals surface area (Å²) in [6.07, 6.45) is 75.7. The van der Waals surface area contributed by atoms with E-state index in [1.807, 2.05) is 21.1 Å². The van der Waals surface area contributed by atoms with Crippen molar-refractivity contribution in [3.63, 3.8) is 0 Å². The van der Waals surface area contributed by atoms with Gasteiger partial charge in [0.1, 0.15) is 13.2 Å². The third-order valence-corrected chi connectivity index (χ3v) is 12.2. The molecule has 0 aliphatic heterocycles. The molecule has 9 nitrogen and oxygen atoms in total. The third-order valence-electron chi connectivity index (χ3n) is 12.2. The predicted molar refractivity (Wildman–Crippen MR) is 318 cm³/mol. The number of hydrogen-bond donors (Lipinski definition) is 1. The van der Waals surface area contributed by atoms with Crippen molar-refractivity contribution in [2.24, 2.45) is 0 Å². The second kappa shape index (κ2) is 55.9. The summed E-state index contributed by atoms with van der Waals surface area (Å²) in [5, 5.41) is 9.70. The average molecular weight is 1050 g/mol. The van der Waals surface area contributed by atoms with E-state index in [1.165, 1.54) is 89.9 Å². The Morgan fingerprint density at radius 3 is 1.09 bits per heavy atom. The van der Waals surface area contributed by atoms with Crippen molar-refractivity contribution in [1.82, 2.24) is 0 Å². The maximum atomic E-state index is 12.9. The average Bonchev–Trinajstić information content (AvgIpc) is 3.38. The van der Waals surface area contributed by atoms with Gasteiger partial charge in [-0.15, -0.1) is 0 Å². The molecule has 0 radical (unpaired) electrons. The number of ether oxygens (including phenoxy) is 4. The molecule has 0 rings (SSSR count). The molecule has 0 aliphatic rings. The van der Waals surface area contributed by atoms with Gasteiger partial charge in [0.15, 0.2) is 6.10 Å². The molecular weight excluding hydrogens is 935 g/mol. The van der Waals surface area contributed by atoms with Gasteiger partial charge in [-0.25, -0.2) is 4.79 Å². The Morgan fingerprint density at radius 1 is 0.400 bits per heavy atom. The van der Waals surface area contributed by atoms with Gasteiger partial charge in [-0.05, 0) is 103 Å². The smallest absolute Gasteiger partial charge is 0.361 e. The minimum atomic E-state index is -1.53. The van der Waals surface area contributed by atoms with Crippen LogP contribution in [0.15, 0.2) is 122 Å². The van der Waals surface area contributed by atoms with Gasteiger partial charge in [-0.2, -0.15) is 0 Å². The predicted octanol–water partition coefficient (Wildman–Crippen LogP) is 17.7. The van der Waals surface area contributed by atoms with Crippen LogP contribution in [-0.4, -0.2) is 87.4 Å². The summed E-state index contributed by atoms with van der Waals surface area (Å²) in [7, 11) is 5.95. The molecule has 0 bridgehead atoms. The van der Waals surface area contributed by atoms with Gasteiger partial charge in [0.05, 0.1) is 34.4 Å². The maximum absolute atomic E-state index is 12.9. The Balaban J connectivity index is 4.27. The fourth-order valence-electron chi connectivity index (χ4n) is 7.71. The molecule has 0 aromatic carbocycles. The molecule has 2 unspecified atom stereocenters. The zero-order chi connectivity index (χ0) is 54.8. The first-order valence-corrected chi connectivity index (χ1v) is 29.7. The number of carboxylic acids is 1. The lowest BCUT2D eigenvalue weighted by Crippen LogP contribution is -2.40. The number of rotatable bonds is 53. The molecule has 426 valence electrons. The first kappa shape index (κ1) is 70.7. The molecule has 0 aromatic rings. The number of unbranched alkanes of at least 4 members (excludes halogenated alkanes) is 18. The molecule has 0 saturated carbocycles. The van der Waals surface area contributed by atoms with Crippen LogP contribution >= 0.6 is 0 Å². The molecule has 0 saturated heterocycles. The highest BCUT2D eigenvalue weighted by Crippen LogP contribution is 2.16. The van der Waals surface area contributed by atoms with Gasteiger partial charge in [0.25, 0.3) is 6.29 Å². The molecule has 9 heteroatoms. The lowest BCUT2D eigenvalue weighted by Gasteiger charge is -2.25. The van der Waals surface area contributed by atoms with Gasteiger partial charge >= 0.3 is 17.9 Å². The summed E-state index contributed by atoms with van der Waals surface area (Å²) < 4.78 is 22.8. The second-order valence-corrected chi connectivity index (χ2v) is 20.5. The van der Waals surface area contributed by atoms with Crippen LogP contribution in [0.3, 0.4) is 0 Å². The molecule has 75 heavy (non-hydrogen) atoms. The molecule has 0 heterocycles. The van der Waals surface area contributed by atoms with Gasteiger partial charge < -0.3 is 28.5 Å². The van der Waals surface area contributed by atoms with Crippen LogP contribution in [0.1, 0.15) is 219 Å². The minimum absolute atomic E-state index is 0.173. The maximum Gasteiger partial charge on any atom is 0.361 e. The fraction of sp³-hybridized carbons (Fsp3) is 0.652. The summed E-state index contributed by atoms with van der Waals surface area (Å²) >= 11 is 0. The van der Waals surface area contributed by atoms with E-state index >= 15 is 0 Å². The molecular formula is C66H110NO8+. The number of esters is 2. The highest BCUT2D eigenvalue weighted by molar-refractivity contribution is 5.71. The summed E-state index contributed by atoms with van der Waals surface area (Å²) in [6.45, 7) is 4.59. The number of aliphatic carboxylic acids is 1. The van der Waals surface area contributed by atoms with E-state index < -0.39 is 24.3 Å². The minimum Gasteiger partial charge on any atom is -0.477 e. The molecule has 0 aliphatic carbocycles. The number of allylic oxidation sites excluding steroid dienone is 20. The van der Waals surface area contributed by atoms with E-state index in [1.54, 1.807) is 0 Å².